The molecule has 0 radical (unpaired) electrons. The van der Waals surface area contributed by atoms with Crippen LogP contribution in [0.15, 0.2) is 54.9 Å². The first kappa shape index (κ1) is 11.8. The van der Waals surface area contributed by atoms with Crippen molar-refractivity contribution in [2.24, 2.45) is 0 Å². The third-order valence-corrected chi connectivity index (χ3v) is 2.69. The van der Waals surface area contributed by atoms with Crippen LogP contribution in [-0.2, 0) is 6.54 Å². The number of rotatable bonds is 5. The van der Waals surface area contributed by atoms with Gasteiger partial charge >= 0.3 is 0 Å². The second-order valence-corrected chi connectivity index (χ2v) is 3.88. The molecule has 0 spiro atoms. The molecular formula is C14H16N2O. The number of hydrogen-bond acceptors (Lipinski definition) is 3. The van der Waals surface area contributed by atoms with Gasteiger partial charge in [0.1, 0.15) is 0 Å². The molecule has 1 aromatic heterocycles. The molecule has 0 saturated carbocycles. The Morgan fingerprint density at radius 2 is 1.76 bits per heavy atom. The Hall–Kier alpha value is -1.71. The summed E-state index contributed by atoms with van der Waals surface area (Å²) in [5.74, 6) is 0. The van der Waals surface area contributed by atoms with Gasteiger partial charge in [0.25, 0.3) is 0 Å². The van der Waals surface area contributed by atoms with Crippen molar-refractivity contribution in [1.82, 2.24) is 10.3 Å². The Labute approximate surface area is 101 Å². The molecule has 2 N–H and O–H groups in total. The van der Waals surface area contributed by atoms with Gasteiger partial charge in [0, 0.05) is 18.9 Å². The van der Waals surface area contributed by atoms with Crippen molar-refractivity contribution < 1.29 is 5.11 Å². The molecule has 0 bridgehead atoms. The van der Waals surface area contributed by atoms with Gasteiger partial charge in [0.05, 0.1) is 12.6 Å². The lowest BCUT2D eigenvalue weighted by molar-refractivity contribution is 0.243. The molecule has 0 saturated heterocycles. The molecule has 0 unspecified atom stereocenters. The van der Waals surface area contributed by atoms with Crippen molar-refractivity contribution in [3.8, 4) is 0 Å². The molecule has 3 nitrogen and oxygen atoms in total. The SMILES string of the molecule is OC[C@@H](NCc1ccncc1)c1ccccc1. The minimum absolute atomic E-state index is 0.0237. The van der Waals surface area contributed by atoms with E-state index in [2.05, 4.69) is 10.3 Å². The standard InChI is InChI=1S/C14H16N2O/c17-11-14(13-4-2-1-3-5-13)16-10-12-6-8-15-9-7-12/h1-9,14,16-17H,10-11H2/t14-/m1/s1. The van der Waals surface area contributed by atoms with Crippen LogP contribution in [0.25, 0.3) is 0 Å². The molecule has 2 rings (SSSR count). The summed E-state index contributed by atoms with van der Waals surface area (Å²) in [7, 11) is 0. The smallest absolute Gasteiger partial charge is 0.0626 e. The maximum atomic E-state index is 9.38. The normalized spacial score (nSPS) is 12.3. The highest BCUT2D eigenvalue weighted by Crippen LogP contribution is 2.12. The van der Waals surface area contributed by atoms with Crippen LogP contribution in [0, 0.1) is 0 Å². The maximum Gasteiger partial charge on any atom is 0.0626 e. The van der Waals surface area contributed by atoms with Crippen LogP contribution in [-0.4, -0.2) is 16.7 Å². The minimum atomic E-state index is -0.0237. The second kappa shape index (κ2) is 6.13. The van der Waals surface area contributed by atoms with Crippen molar-refractivity contribution in [2.45, 2.75) is 12.6 Å². The molecule has 1 atom stereocenters. The molecule has 17 heavy (non-hydrogen) atoms. The summed E-state index contributed by atoms with van der Waals surface area (Å²) in [6, 6.07) is 13.9. The molecular weight excluding hydrogens is 212 g/mol. The summed E-state index contributed by atoms with van der Waals surface area (Å²) >= 11 is 0. The highest BCUT2D eigenvalue weighted by Gasteiger charge is 2.08. The van der Waals surface area contributed by atoms with Gasteiger partial charge in [-0.25, -0.2) is 0 Å². The Morgan fingerprint density at radius 3 is 2.41 bits per heavy atom. The zero-order valence-corrected chi connectivity index (χ0v) is 9.58. The van der Waals surface area contributed by atoms with E-state index in [1.165, 1.54) is 0 Å². The molecule has 0 aliphatic heterocycles. The average molecular weight is 228 g/mol. The Bertz CT molecular complexity index is 430. The summed E-state index contributed by atoms with van der Waals surface area (Å²) in [6.45, 7) is 0.817. The van der Waals surface area contributed by atoms with E-state index in [4.69, 9.17) is 0 Å². The first-order chi connectivity index (χ1) is 8.40. The molecule has 1 aromatic carbocycles. The molecule has 0 fully saturated rings. The highest BCUT2D eigenvalue weighted by molar-refractivity contribution is 5.19. The molecule has 88 valence electrons. The van der Waals surface area contributed by atoms with Crippen LogP contribution in [0.2, 0.25) is 0 Å². The number of nitrogens with zero attached hydrogens (tertiary/aromatic N) is 1. The molecule has 0 aliphatic carbocycles. The highest BCUT2D eigenvalue weighted by atomic mass is 16.3. The van der Waals surface area contributed by atoms with Crippen LogP contribution >= 0.6 is 0 Å². The van der Waals surface area contributed by atoms with Gasteiger partial charge in [0.15, 0.2) is 0 Å². The van der Waals surface area contributed by atoms with Gasteiger partial charge in [0.2, 0.25) is 0 Å². The fourth-order valence-corrected chi connectivity index (χ4v) is 1.71. The van der Waals surface area contributed by atoms with E-state index in [0.29, 0.717) is 0 Å². The lowest BCUT2D eigenvalue weighted by atomic mass is 10.1. The fraction of sp³-hybridized carbons (Fsp3) is 0.214. The quantitative estimate of drug-likeness (QED) is 0.821. The lowest BCUT2D eigenvalue weighted by Crippen LogP contribution is -2.23. The van der Waals surface area contributed by atoms with Crippen LogP contribution in [0.3, 0.4) is 0 Å². The van der Waals surface area contributed by atoms with Gasteiger partial charge in [-0.1, -0.05) is 30.3 Å². The second-order valence-electron chi connectivity index (χ2n) is 3.88. The van der Waals surface area contributed by atoms with Crippen LogP contribution in [0.4, 0.5) is 0 Å². The van der Waals surface area contributed by atoms with Gasteiger partial charge in [-0.15, -0.1) is 0 Å². The Morgan fingerprint density at radius 1 is 1.06 bits per heavy atom. The van der Waals surface area contributed by atoms with E-state index in [9.17, 15) is 5.11 Å². The summed E-state index contributed by atoms with van der Waals surface area (Å²) in [6.07, 6.45) is 3.54. The number of aliphatic hydroxyl groups excluding tert-OH is 1. The number of hydrogen-bond donors (Lipinski definition) is 2. The van der Waals surface area contributed by atoms with Gasteiger partial charge in [-0.3, -0.25) is 4.98 Å². The predicted octanol–water partition coefficient (Wildman–Crippen LogP) is 1.90. The number of benzene rings is 1. The van der Waals surface area contributed by atoms with Crippen molar-refractivity contribution in [3.05, 3.63) is 66.0 Å². The molecule has 0 amide bonds. The van der Waals surface area contributed by atoms with Crippen molar-refractivity contribution in [3.63, 3.8) is 0 Å². The van der Waals surface area contributed by atoms with Crippen LogP contribution in [0.1, 0.15) is 17.2 Å². The van der Waals surface area contributed by atoms with Crippen LogP contribution in [0.5, 0.6) is 0 Å². The largest absolute Gasteiger partial charge is 0.394 e. The van der Waals surface area contributed by atoms with E-state index in [1.54, 1.807) is 12.4 Å². The number of aromatic nitrogens is 1. The summed E-state index contributed by atoms with van der Waals surface area (Å²) in [5.41, 5.74) is 2.26. The van der Waals surface area contributed by atoms with Crippen molar-refractivity contribution in [1.29, 1.82) is 0 Å². The molecule has 3 heteroatoms. The number of pyridine rings is 1. The first-order valence-electron chi connectivity index (χ1n) is 5.68. The zero-order chi connectivity index (χ0) is 11.9. The summed E-state index contributed by atoms with van der Waals surface area (Å²) < 4.78 is 0. The van der Waals surface area contributed by atoms with Crippen LogP contribution < -0.4 is 5.32 Å². The lowest BCUT2D eigenvalue weighted by Gasteiger charge is -2.16. The fourth-order valence-electron chi connectivity index (χ4n) is 1.71. The monoisotopic (exact) mass is 228 g/mol. The summed E-state index contributed by atoms with van der Waals surface area (Å²) in [5, 5.41) is 12.7. The molecule has 0 aliphatic rings. The molecule has 2 aromatic rings. The topological polar surface area (TPSA) is 45.1 Å². The maximum absolute atomic E-state index is 9.38. The van der Waals surface area contributed by atoms with E-state index >= 15 is 0 Å². The van der Waals surface area contributed by atoms with E-state index in [1.807, 2.05) is 42.5 Å². The van der Waals surface area contributed by atoms with Gasteiger partial charge in [-0.2, -0.15) is 0 Å². The first-order valence-corrected chi connectivity index (χ1v) is 5.68. The van der Waals surface area contributed by atoms with Crippen molar-refractivity contribution >= 4 is 0 Å². The third-order valence-electron chi connectivity index (χ3n) is 2.69. The number of nitrogens with one attached hydrogen (secondary N) is 1. The number of aliphatic hydroxyl groups is 1. The minimum Gasteiger partial charge on any atom is -0.394 e. The van der Waals surface area contributed by atoms with Gasteiger partial charge < -0.3 is 10.4 Å². The third kappa shape index (κ3) is 3.37. The van der Waals surface area contributed by atoms with E-state index < -0.39 is 0 Å². The molecule has 1 heterocycles. The Balaban J connectivity index is 1.97. The Kier molecular flexibility index (Phi) is 4.24. The van der Waals surface area contributed by atoms with Crippen molar-refractivity contribution in [2.75, 3.05) is 6.61 Å². The van der Waals surface area contributed by atoms with Gasteiger partial charge in [-0.05, 0) is 23.3 Å². The average Bonchev–Trinajstić information content (AvgIpc) is 2.42. The predicted molar refractivity (Wildman–Crippen MR) is 67.3 cm³/mol. The van der Waals surface area contributed by atoms with E-state index in [0.717, 1.165) is 17.7 Å². The van der Waals surface area contributed by atoms with E-state index in [-0.39, 0.29) is 12.6 Å². The summed E-state index contributed by atoms with van der Waals surface area (Å²) in [4.78, 5) is 3.97. The zero-order valence-electron chi connectivity index (χ0n) is 9.58.